The Bertz CT molecular complexity index is 1680. The largest absolute Gasteiger partial charge is 0.512 e. The standard InChI is InChI=1S/C27H29N2.C13H24O2.Ir/c1-16(2)26-28-24(20-13-17(3)14-21(15-20)27(5,6)7)22-12-11-19-10-8-9-18(4)23(19)25(22)29-26;1-7-13(6,8-2)11(15)9-10(14)12(3,4)5;/h8-12,14-16H,1-7H3;9,15H,7-8H2,1-6H3;/q-1;;/b;11-9-;. The molecule has 4 rings (SSSR count). The molecular formula is C40H53IrN2O2-. The van der Waals surface area contributed by atoms with Gasteiger partial charge < -0.3 is 5.11 Å². The third-order valence-electron chi connectivity index (χ3n) is 8.76. The minimum absolute atomic E-state index is 0. The number of aliphatic hydroxyl groups is 1. The number of carbonyl (C=O) groups excluding carboxylic acids is 1. The van der Waals surface area contributed by atoms with E-state index >= 15 is 0 Å². The number of hydrogen-bond donors (Lipinski definition) is 1. The molecule has 3 aromatic carbocycles. The molecule has 0 aliphatic rings. The van der Waals surface area contributed by atoms with E-state index in [2.05, 4.69) is 97.0 Å². The van der Waals surface area contributed by atoms with Crippen LogP contribution >= 0.6 is 0 Å². The van der Waals surface area contributed by atoms with Gasteiger partial charge in [-0.2, -0.15) is 0 Å². The van der Waals surface area contributed by atoms with Crippen LogP contribution in [0.2, 0.25) is 0 Å². The Balaban J connectivity index is 0.000000378. The number of aromatic nitrogens is 2. The summed E-state index contributed by atoms with van der Waals surface area (Å²) >= 11 is 0. The van der Waals surface area contributed by atoms with Crippen LogP contribution in [-0.4, -0.2) is 20.9 Å². The molecule has 0 aliphatic heterocycles. The van der Waals surface area contributed by atoms with Gasteiger partial charge in [0, 0.05) is 48.3 Å². The van der Waals surface area contributed by atoms with Crippen molar-refractivity contribution in [1.29, 1.82) is 0 Å². The van der Waals surface area contributed by atoms with E-state index in [9.17, 15) is 9.90 Å². The van der Waals surface area contributed by atoms with Gasteiger partial charge in [0.1, 0.15) is 11.6 Å². The van der Waals surface area contributed by atoms with Crippen molar-refractivity contribution in [2.24, 2.45) is 10.8 Å². The van der Waals surface area contributed by atoms with Crippen molar-refractivity contribution < 1.29 is 30.0 Å². The van der Waals surface area contributed by atoms with E-state index in [-0.39, 0.29) is 48.4 Å². The number of fused-ring (bicyclic) bond motifs is 3. The zero-order valence-corrected chi connectivity index (χ0v) is 32.1. The number of aryl methyl sites for hydroxylation is 2. The first-order valence-electron chi connectivity index (χ1n) is 16.0. The van der Waals surface area contributed by atoms with Crippen LogP contribution in [0.25, 0.3) is 32.9 Å². The normalized spacial score (nSPS) is 12.6. The molecule has 4 nitrogen and oxygen atoms in total. The Morgan fingerprint density at radius 2 is 1.56 bits per heavy atom. The second kappa shape index (κ2) is 14.7. The maximum atomic E-state index is 11.7. The van der Waals surface area contributed by atoms with Crippen molar-refractivity contribution in [3.8, 4) is 11.3 Å². The van der Waals surface area contributed by atoms with E-state index in [0.717, 1.165) is 46.4 Å². The average molecular weight is 786 g/mol. The van der Waals surface area contributed by atoms with Gasteiger partial charge in [0.25, 0.3) is 0 Å². The quantitative estimate of drug-likeness (QED) is 0.0915. The summed E-state index contributed by atoms with van der Waals surface area (Å²) in [6, 6.07) is 18.8. The number of carbonyl (C=O) groups is 1. The Morgan fingerprint density at radius 1 is 0.933 bits per heavy atom. The zero-order valence-electron chi connectivity index (χ0n) is 29.7. The maximum Gasteiger partial charge on any atom is 0.164 e. The van der Waals surface area contributed by atoms with Crippen LogP contribution in [-0.2, 0) is 30.3 Å². The van der Waals surface area contributed by atoms with Crippen molar-refractivity contribution in [3.05, 3.63) is 82.9 Å². The molecule has 1 radical (unpaired) electrons. The van der Waals surface area contributed by atoms with Gasteiger partial charge in [-0.3, -0.25) is 9.78 Å². The molecule has 45 heavy (non-hydrogen) atoms. The van der Waals surface area contributed by atoms with Gasteiger partial charge in [-0.15, -0.1) is 34.9 Å². The predicted octanol–water partition coefficient (Wildman–Crippen LogP) is 11.2. The molecule has 0 fully saturated rings. The molecule has 0 atom stereocenters. The SMILES string of the molecule is CCC(C)(CC)/C(O)=C/C(=O)C(C)(C)C.Cc1[c-]c(-c2nc(C(C)C)nc3c2ccc2cccc(C)c23)cc(C(C)(C)C)c1.[Ir]. The van der Waals surface area contributed by atoms with E-state index in [0.29, 0.717) is 0 Å². The van der Waals surface area contributed by atoms with Gasteiger partial charge in [0.2, 0.25) is 0 Å². The Kier molecular flexibility index (Phi) is 12.5. The van der Waals surface area contributed by atoms with Gasteiger partial charge in [0.15, 0.2) is 5.78 Å². The second-order valence-corrected chi connectivity index (χ2v) is 14.8. The molecule has 0 spiro atoms. The van der Waals surface area contributed by atoms with E-state index < -0.39 is 5.41 Å². The number of nitrogens with zero attached hydrogens (tertiary/aromatic N) is 2. The van der Waals surface area contributed by atoms with Gasteiger partial charge in [-0.1, -0.05) is 113 Å². The van der Waals surface area contributed by atoms with Crippen LogP contribution in [0, 0.1) is 30.7 Å². The molecule has 1 N–H and O–H groups in total. The topological polar surface area (TPSA) is 63.1 Å². The number of allylic oxidation sites excluding steroid dienone is 2. The van der Waals surface area contributed by atoms with E-state index in [1.54, 1.807) is 0 Å². The number of ketones is 1. The van der Waals surface area contributed by atoms with E-state index in [1.807, 2.05) is 41.5 Å². The Labute approximate surface area is 285 Å². The van der Waals surface area contributed by atoms with E-state index in [1.165, 1.54) is 28.0 Å². The van der Waals surface area contributed by atoms with E-state index in [4.69, 9.17) is 9.97 Å². The predicted molar refractivity (Wildman–Crippen MR) is 187 cm³/mol. The summed E-state index contributed by atoms with van der Waals surface area (Å²) in [5.41, 5.74) is 6.16. The van der Waals surface area contributed by atoms with Crippen molar-refractivity contribution in [2.45, 2.75) is 114 Å². The molecule has 5 heteroatoms. The molecule has 0 saturated heterocycles. The Hall–Kier alpha value is -2.88. The Morgan fingerprint density at radius 3 is 2.09 bits per heavy atom. The third kappa shape index (κ3) is 8.89. The van der Waals surface area contributed by atoms with Gasteiger partial charge >= 0.3 is 0 Å². The van der Waals surface area contributed by atoms with Crippen molar-refractivity contribution in [1.82, 2.24) is 9.97 Å². The number of rotatable bonds is 6. The monoisotopic (exact) mass is 786 g/mol. The summed E-state index contributed by atoms with van der Waals surface area (Å²) < 4.78 is 0. The molecule has 1 aromatic heterocycles. The van der Waals surface area contributed by atoms with Gasteiger partial charge in [-0.05, 0) is 47.2 Å². The minimum atomic E-state index is -0.420. The fourth-order valence-electron chi connectivity index (χ4n) is 5.03. The molecule has 0 aliphatic carbocycles. The van der Waals surface area contributed by atoms with Crippen LogP contribution < -0.4 is 0 Å². The number of benzene rings is 3. The first kappa shape index (κ1) is 38.3. The summed E-state index contributed by atoms with van der Waals surface area (Å²) in [5, 5.41) is 13.5. The summed E-state index contributed by atoms with van der Waals surface area (Å²) in [4.78, 5) is 21.8. The van der Waals surface area contributed by atoms with Crippen LogP contribution in [0.4, 0.5) is 0 Å². The number of aliphatic hydroxyl groups excluding tert-OH is 1. The van der Waals surface area contributed by atoms with Crippen LogP contribution in [0.5, 0.6) is 0 Å². The minimum Gasteiger partial charge on any atom is -0.512 e. The van der Waals surface area contributed by atoms with Crippen LogP contribution in [0.1, 0.15) is 117 Å². The second-order valence-electron chi connectivity index (χ2n) is 14.8. The first-order valence-corrected chi connectivity index (χ1v) is 16.0. The molecule has 1 heterocycles. The fourth-order valence-corrected chi connectivity index (χ4v) is 5.03. The molecule has 0 saturated carbocycles. The molecule has 0 bridgehead atoms. The summed E-state index contributed by atoms with van der Waals surface area (Å²) in [6.45, 7) is 26.9. The summed E-state index contributed by atoms with van der Waals surface area (Å²) in [7, 11) is 0. The molecule has 0 unspecified atom stereocenters. The van der Waals surface area contributed by atoms with Crippen molar-refractivity contribution in [2.75, 3.05) is 0 Å². The molecule has 4 aromatic rings. The van der Waals surface area contributed by atoms with Gasteiger partial charge in [-0.25, -0.2) is 4.98 Å². The summed E-state index contributed by atoms with van der Waals surface area (Å²) in [5.74, 6) is 1.33. The average Bonchev–Trinajstić information content (AvgIpc) is 2.94. The zero-order chi connectivity index (χ0) is 33.2. The number of hydrogen-bond acceptors (Lipinski definition) is 4. The van der Waals surface area contributed by atoms with Crippen LogP contribution in [0.3, 0.4) is 0 Å². The smallest absolute Gasteiger partial charge is 0.164 e. The molecule has 245 valence electrons. The summed E-state index contributed by atoms with van der Waals surface area (Å²) in [6.07, 6.45) is 3.07. The van der Waals surface area contributed by atoms with Gasteiger partial charge in [0.05, 0.1) is 5.52 Å². The molecule has 0 amide bonds. The van der Waals surface area contributed by atoms with Crippen molar-refractivity contribution in [3.63, 3.8) is 0 Å². The maximum absolute atomic E-state index is 11.7. The first-order chi connectivity index (χ1) is 20.3. The third-order valence-corrected chi connectivity index (χ3v) is 8.76. The van der Waals surface area contributed by atoms with Crippen LogP contribution in [0.15, 0.2) is 54.3 Å². The fraction of sp³-hybridized carbons (Fsp3) is 0.475. The van der Waals surface area contributed by atoms with Crippen molar-refractivity contribution >= 4 is 27.5 Å². The molecular weight excluding hydrogens is 733 g/mol.